The number of hydrogen-bond donors (Lipinski definition) is 2. The zero-order valence-electron chi connectivity index (χ0n) is 9.97. The molecule has 0 aliphatic rings. The van der Waals surface area contributed by atoms with E-state index in [0.717, 1.165) is 12.1 Å². The summed E-state index contributed by atoms with van der Waals surface area (Å²) in [5.41, 5.74) is 2.13. The summed E-state index contributed by atoms with van der Waals surface area (Å²) in [6, 6.07) is 2.00. The van der Waals surface area contributed by atoms with Crippen LogP contribution in [0.25, 0.3) is 0 Å². The molecule has 17 heavy (non-hydrogen) atoms. The highest BCUT2D eigenvalue weighted by atomic mass is 19.1. The van der Waals surface area contributed by atoms with Crippen molar-refractivity contribution < 1.29 is 13.6 Å². The van der Waals surface area contributed by atoms with Gasteiger partial charge in [0.25, 0.3) is 5.91 Å². The van der Waals surface area contributed by atoms with Crippen molar-refractivity contribution in [2.24, 2.45) is 0 Å². The molecule has 1 aromatic rings. The highest BCUT2D eigenvalue weighted by Crippen LogP contribution is 2.20. The largest absolute Gasteiger partial charge is 0.381 e. The first-order valence-corrected chi connectivity index (χ1v) is 5.17. The Bertz CT molecular complexity index is 398. The molecule has 2 N–H and O–H groups in total. The molecule has 0 aliphatic heterocycles. The topological polar surface area (TPSA) is 44.4 Å². The highest BCUT2D eigenvalue weighted by Gasteiger charge is 2.14. The molecule has 0 bridgehead atoms. The van der Waals surface area contributed by atoms with Crippen molar-refractivity contribution in [3.8, 4) is 0 Å². The standard InChI is InChI=1S/C11H15F2N3O/c1-4-14-10-8(12)5-7(6-9(10)13)11(17)15-16(2)3/h5-6,14H,4H2,1-3H3,(H,15,17). The molecule has 0 saturated carbocycles. The fourth-order valence-electron chi connectivity index (χ4n) is 1.32. The number of hydrogen-bond acceptors (Lipinski definition) is 3. The van der Waals surface area contributed by atoms with Crippen LogP contribution in [0.1, 0.15) is 17.3 Å². The second kappa shape index (κ2) is 5.58. The fraction of sp³-hybridized carbons (Fsp3) is 0.364. The minimum atomic E-state index is -0.782. The zero-order chi connectivity index (χ0) is 13.0. The lowest BCUT2D eigenvalue weighted by Gasteiger charge is -2.13. The van der Waals surface area contributed by atoms with Crippen molar-refractivity contribution in [1.29, 1.82) is 0 Å². The molecule has 0 atom stereocenters. The van der Waals surface area contributed by atoms with Crippen molar-refractivity contribution >= 4 is 11.6 Å². The molecule has 0 spiro atoms. The van der Waals surface area contributed by atoms with Gasteiger partial charge in [0, 0.05) is 26.2 Å². The normalized spacial score (nSPS) is 10.5. The van der Waals surface area contributed by atoms with E-state index in [9.17, 15) is 13.6 Å². The van der Waals surface area contributed by atoms with E-state index in [-0.39, 0.29) is 11.3 Å². The minimum absolute atomic E-state index is 0.0599. The molecule has 1 aromatic carbocycles. The Balaban J connectivity index is 3.01. The van der Waals surface area contributed by atoms with Crippen molar-refractivity contribution in [2.45, 2.75) is 6.92 Å². The van der Waals surface area contributed by atoms with Gasteiger partial charge in [0.05, 0.1) is 0 Å². The molecule has 0 heterocycles. The number of halogens is 2. The summed E-state index contributed by atoms with van der Waals surface area (Å²) >= 11 is 0. The summed E-state index contributed by atoms with van der Waals surface area (Å²) in [6.07, 6.45) is 0. The predicted octanol–water partition coefficient (Wildman–Crippen LogP) is 1.60. The molecule has 6 heteroatoms. The van der Waals surface area contributed by atoms with Gasteiger partial charge in [-0.2, -0.15) is 0 Å². The number of rotatable bonds is 4. The van der Waals surface area contributed by atoms with Crippen LogP contribution in [0.2, 0.25) is 0 Å². The maximum Gasteiger partial charge on any atom is 0.265 e. The Morgan fingerprint density at radius 3 is 2.24 bits per heavy atom. The molecule has 0 aromatic heterocycles. The summed E-state index contributed by atoms with van der Waals surface area (Å²) < 4.78 is 27.0. The van der Waals surface area contributed by atoms with Crippen LogP contribution in [0.3, 0.4) is 0 Å². The maximum absolute atomic E-state index is 13.5. The van der Waals surface area contributed by atoms with Crippen LogP contribution >= 0.6 is 0 Å². The molecule has 4 nitrogen and oxygen atoms in total. The Kier molecular flexibility index (Phi) is 4.39. The van der Waals surface area contributed by atoms with Gasteiger partial charge in [0.2, 0.25) is 0 Å². The number of nitrogens with zero attached hydrogens (tertiary/aromatic N) is 1. The smallest absolute Gasteiger partial charge is 0.265 e. The van der Waals surface area contributed by atoms with E-state index in [0.29, 0.717) is 6.54 Å². The number of anilines is 1. The number of carbonyl (C=O) groups is 1. The van der Waals surface area contributed by atoms with E-state index in [1.165, 1.54) is 5.01 Å². The Hall–Kier alpha value is -1.69. The average molecular weight is 243 g/mol. The Morgan fingerprint density at radius 2 is 1.82 bits per heavy atom. The quantitative estimate of drug-likeness (QED) is 0.789. The van der Waals surface area contributed by atoms with E-state index >= 15 is 0 Å². The van der Waals surface area contributed by atoms with Crippen LogP contribution in [-0.2, 0) is 0 Å². The van der Waals surface area contributed by atoms with Gasteiger partial charge in [-0.25, -0.2) is 13.8 Å². The minimum Gasteiger partial charge on any atom is -0.381 e. The van der Waals surface area contributed by atoms with Gasteiger partial charge in [-0.05, 0) is 19.1 Å². The van der Waals surface area contributed by atoms with Crippen LogP contribution in [0.15, 0.2) is 12.1 Å². The summed E-state index contributed by atoms with van der Waals surface area (Å²) in [5, 5.41) is 3.96. The molecule has 1 rings (SSSR count). The van der Waals surface area contributed by atoms with Crippen molar-refractivity contribution in [3.05, 3.63) is 29.3 Å². The van der Waals surface area contributed by atoms with Gasteiger partial charge in [0.1, 0.15) is 17.3 Å². The molecule has 0 radical (unpaired) electrons. The van der Waals surface area contributed by atoms with E-state index in [2.05, 4.69) is 10.7 Å². The second-order valence-electron chi connectivity index (χ2n) is 3.68. The maximum atomic E-state index is 13.5. The van der Waals surface area contributed by atoms with Gasteiger partial charge in [-0.3, -0.25) is 10.2 Å². The third-order valence-corrected chi connectivity index (χ3v) is 1.98. The summed E-state index contributed by atoms with van der Waals surface area (Å²) in [5.74, 6) is -2.12. The number of carbonyl (C=O) groups excluding carboxylic acids is 1. The molecule has 0 fully saturated rings. The van der Waals surface area contributed by atoms with Crippen LogP contribution in [-0.4, -0.2) is 31.6 Å². The van der Waals surface area contributed by atoms with Crippen LogP contribution < -0.4 is 10.7 Å². The van der Waals surface area contributed by atoms with E-state index in [4.69, 9.17) is 0 Å². The molecule has 1 amide bonds. The van der Waals surface area contributed by atoms with Gasteiger partial charge >= 0.3 is 0 Å². The Labute approximate surface area is 98.6 Å². The van der Waals surface area contributed by atoms with E-state index in [1.807, 2.05) is 0 Å². The molecule has 0 saturated heterocycles. The molecule has 0 unspecified atom stereocenters. The number of benzene rings is 1. The average Bonchev–Trinajstić information content (AvgIpc) is 2.22. The van der Waals surface area contributed by atoms with Crippen LogP contribution in [0.5, 0.6) is 0 Å². The Morgan fingerprint density at radius 1 is 1.29 bits per heavy atom. The fourth-order valence-corrected chi connectivity index (χ4v) is 1.32. The lowest BCUT2D eigenvalue weighted by Crippen LogP contribution is -2.36. The molecular formula is C11H15F2N3O. The lowest BCUT2D eigenvalue weighted by molar-refractivity contribution is 0.0856. The lowest BCUT2D eigenvalue weighted by atomic mass is 10.1. The van der Waals surface area contributed by atoms with E-state index in [1.54, 1.807) is 21.0 Å². The monoisotopic (exact) mass is 243 g/mol. The molecule has 0 aliphatic carbocycles. The highest BCUT2D eigenvalue weighted by molar-refractivity contribution is 5.94. The third kappa shape index (κ3) is 3.39. The first kappa shape index (κ1) is 13.4. The van der Waals surface area contributed by atoms with Crippen LogP contribution in [0.4, 0.5) is 14.5 Å². The first-order chi connectivity index (χ1) is 7.95. The SMILES string of the molecule is CCNc1c(F)cc(C(=O)NN(C)C)cc1F. The third-order valence-electron chi connectivity index (χ3n) is 1.98. The van der Waals surface area contributed by atoms with Gasteiger partial charge in [-0.1, -0.05) is 0 Å². The number of hydrazine groups is 1. The van der Waals surface area contributed by atoms with E-state index < -0.39 is 17.5 Å². The molecule has 94 valence electrons. The van der Waals surface area contributed by atoms with Gasteiger partial charge < -0.3 is 5.32 Å². The summed E-state index contributed by atoms with van der Waals surface area (Å²) in [4.78, 5) is 11.5. The van der Waals surface area contributed by atoms with Crippen LogP contribution in [0, 0.1) is 11.6 Å². The summed E-state index contributed by atoms with van der Waals surface area (Å²) in [7, 11) is 3.22. The zero-order valence-corrected chi connectivity index (χ0v) is 9.97. The van der Waals surface area contributed by atoms with Gasteiger partial charge in [-0.15, -0.1) is 0 Å². The number of nitrogens with one attached hydrogen (secondary N) is 2. The molecular weight excluding hydrogens is 228 g/mol. The number of amides is 1. The van der Waals surface area contributed by atoms with Crippen molar-refractivity contribution in [2.75, 3.05) is 26.0 Å². The van der Waals surface area contributed by atoms with Crippen molar-refractivity contribution in [1.82, 2.24) is 10.4 Å². The second-order valence-corrected chi connectivity index (χ2v) is 3.68. The first-order valence-electron chi connectivity index (χ1n) is 5.17. The predicted molar refractivity (Wildman–Crippen MR) is 61.7 cm³/mol. The van der Waals surface area contributed by atoms with Crippen molar-refractivity contribution in [3.63, 3.8) is 0 Å². The van der Waals surface area contributed by atoms with Gasteiger partial charge in [0.15, 0.2) is 0 Å². The summed E-state index contributed by atoms with van der Waals surface area (Å²) in [6.45, 7) is 2.13.